The van der Waals surface area contributed by atoms with Gasteiger partial charge in [-0.3, -0.25) is 9.59 Å². The Morgan fingerprint density at radius 2 is 2.12 bits per heavy atom. The van der Waals surface area contributed by atoms with Crippen LogP contribution in [0, 0.1) is 5.92 Å². The molecule has 1 saturated heterocycles. The number of nitrogens with one attached hydrogen (secondary N) is 1. The molecule has 1 N–H and O–H groups in total. The van der Waals surface area contributed by atoms with E-state index in [9.17, 15) is 9.59 Å². The predicted molar refractivity (Wildman–Crippen MR) is 107 cm³/mol. The van der Waals surface area contributed by atoms with Crippen molar-refractivity contribution in [2.45, 2.75) is 64.7 Å². The van der Waals surface area contributed by atoms with Crippen LogP contribution in [0.15, 0.2) is 22.6 Å². The molecule has 1 aliphatic rings. The summed E-state index contributed by atoms with van der Waals surface area (Å²) in [7, 11) is 0. The lowest BCUT2D eigenvalue weighted by Crippen LogP contribution is -2.44. The van der Waals surface area contributed by atoms with Crippen LogP contribution < -0.4 is 5.43 Å². The summed E-state index contributed by atoms with van der Waals surface area (Å²) in [5, 5.41) is 6.00. The van der Waals surface area contributed by atoms with Crippen molar-refractivity contribution in [2.24, 2.45) is 11.0 Å². The summed E-state index contributed by atoms with van der Waals surface area (Å²) >= 11 is 1.57. The molecule has 2 rings (SSSR count). The van der Waals surface area contributed by atoms with Crippen LogP contribution in [0.4, 0.5) is 0 Å². The second-order valence-electron chi connectivity index (χ2n) is 6.95. The molecule has 0 aromatic carbocycles. The summed E-state index contributed by atoms with van der Waals surface area (Å²) in [4.78, 5) is 27.6. The van der Waals surface area contributed by atoms with Crippen molar-refractivity contribution in [3.8, 4) is 0 Å². The van der Waals surface area contributed by atoms with Crippen molar-refractivity contribution in [3.05, 3.63) is 22.4 Å². The maximum atomic E-state index is 12.4. The van der Waals surface area contributed by atoms with E-state index in [1.165, 1.54) is 25.7 Å². The highest BCUT2D eigenvalue weighted by Crippen LogP contribution is 2.18. The molecule has 0 spiro atoms. The number of thiophene rings is 1. The number of carbonyl (C=O) groups is 2. The third-order valence-electron chi connectivity index (χ3n) is 4.80. The number of hydrazone groups is 1. The summed E-state index contributed by atoms with van der Waals surface area (Å²) in [6.07, 6.45) is 11.1. The minimum atomic E-state index is -0.155. The van der Waals surface area contributed by atoms with E-state index >= 15 is 0 Å². The van der Waals surface area contributed by atoms with E-state index in [4.69, 9.17) is 0 Å². The average Bonchev–Trinajstić information content (AvgIpc) is 3.18. The van der Waals surface area contributed by atoms with E-state index in [0.717, 1.165) is 37.1 Å². The minimum Gasteiger partial charge on any atom is -0.342 e. The smallest absolute Gasteiger partial charge is 0.244 e. The normalized spacial score (nSPS) is 17.6. The Hall–Kier alpha value is -1.69. The molecule has 1 aromatic heterocycles. The highest BCUT2D eigenvalue weighted by Gasteiger charge is 2.27. The van der Waals surface area contributed by atoms with Crippen molar-refractivity contribution in [1.82, 2.24) is 10.3 Å². The van der Waals surface area contributed by atoms with Gasteiger partial charge < -0.3 is 4.90 Å². The molecule has 6 heteroatoms. The Morgan fingerprint density at radius 1 is 1.31 bits per heavy atom. The Bertz CT molecular complexity index is 572. The fourth-order valence-electron chi connectivity index (χ4n) is 3.25. The molecule has 0 unspecified atom stereocenters. The fourth-order valence-corrected chi connectivity index (χ4v) is 3.83. The van der Waals surface area contributed by atoms with E-state index in [1.807, 2.05) is 22.4 Å². The molecule has 0 radical (unpaired) electrons. The number of unbranched alkanes of at least 4 members (excludes halogenated alkanes) is 5. The van der Waals surface area contributed by atoms with Gasteiger partial charge >= 0.3 is 0 Å². The van der Waals surface area contributed by atoms with E-state index in [0.29, 0.717) is 13.0 Å². The first-order valence-electron chi connectivity index (χ1n) is 9.85. The Labute approximate surface area is 160 Å². The first-order chi connectivity index (χ1) is 12.7. The van der Waals surface area contributed by atoms with Gasteiger partial charge in [0.15, 0.2) is 0 Å². The van der Waals surface area contributed by atoms with Crippen molar-refractivity contribution in [2.75, 3.05) is 13.1 Å². The van der Waals surface area contributed by atoms with Crippen molar-refractivity contribution >= 4 is 29.4 Å². The molecule has 2 heterocycles. The average molecular weight is 378 g/mol. The topological polar surface area (TPSA) is 61.8 Å². The quantitative estimate of drug-likeness (QED) is 0.377. The first kappa shape index (κ1) is 20.6. The van der Waals surface area contributed by atoms with E-state index < -0.39 is 0 Å². The molecule has 1 aromatic rings. The maximum absolute atomic E-state index is 12.4. The van der Waals surface area contributed by atoms with Gasteiger partial charge in [0.1, 0.15) is 0 Å². The van der Waals surface area contributed by atoms with Gasteiger partial charge in [0, 0.05) is 24.4 Å². The fraction of sp³-hybridized carbons (Fsp3) is 0.650. The first-order valence-corrected chi connectivity index (χ1v) is 10.7. The lowest BCUT2D eigenvalue weighted by molar-refractivity contribution is -0.135. The Morgan fingerprint density at radius 3 is 2.88 bits per heavy atom. The number of nitrogens with zero attached hydrogens (tertiary/aromatic N) is 2. The third kappa shape index (κ3) is 7.28. The molecule has 144 valence electrons. The predicted octanol–water partition coefficient (Wildman–Crippen LogP) is 4.19. The van der Waals surface area contributed by atoms with Crippen LogP contribution in [-0.2, 0) is 9.59 Å². The molecular weight excluding hydrogens is 346 g/mol. The number of carbonyl (C=O) groups excluding carboxylic acids is 2. The Kier molecular flexibility index (Phi) is 9.39. The number of amides is 2. The zero-order valence-corrected chi connectivity index (χ0v) is 16.6. The number of piperidine rings is 1. The lowest BCUT2D eigenvalue weighted by Gasteiger charge is -2.31. The second-order valence-corrected chi connectivity index (χ2v) is 7.93. The zero-order chi connectivity index (χ0) is 18.6. The molecule has 2 amide bonds. The standard InChI is InChI=1S/C20H31N3O2S/c1-2-3-4-5-6-7-12-19(24)23-13-8-10-17(16-23)20(25)22-21-15-18-11-9-14-26-18/h9,11,14-15,17H,2-8,10,12-13,16H2,1H3,(H,22,25)/b21-15-/t17-/m1/s1. The van der Waals surface area contributed by atoms with Crippen LogP contribution >= 0.6 is 11.3 Å². The summed E-state index contributed by atoms with van der Waals surface area (Å²) < 4.78 is 0. The van der Waals surface area contributed by atoms with Crippen LogP contribution in [-0.4, -0.2) is 36.0 Å². The SMILES string of the molecule is CCCCCCCCC(=O)N1CCC[C@@H](C(=O)N/N=C\c2cccs2)C1. The largest absolute Gasteiger partial charge is 0.342 e. The van der Waals surface area contributed by atoms with Gasteiger partial charge in [-0.25, -0.2) is 5.43 Å². The molecule has 0 aliphatic carbocycles. The molecule has 0 saturated carbocycles. The molecule has 5 nitrogen and oxygen atoms in total. The van der Waals surface area contributed by atoms with Gasteiger partial charge in [-0.05, 0) is 30.7 Å². The highest BCUT2D eigenvalue weighted by molar-refractivity contribution is 7.11. The Balaban J connectivity index is 1.68. The van der Waals surface area contributed by atoms with Crippen LogP contribution in [0.3, 0.4) is 0 Å². The van der Waals surface area contributed by atoms with E-state index in [2.05, 4.69) is 17.5 Å². The molecule has 1 aliphatic heterocycles. The van der Waals surface area contributed by atoms with Gasteiger partial charge in [-0.1, -0.05) is 45.1 Å². The summed E-state index contributed by atoms with van der Waals surface area (Å²) in [6, 6.07) is 3.89. The van der Waals surface area contributed by atoms with Crippen LogP contribution in [0.25, 0.3) is 0 Å². The molecule has 0 bridgehead atoms. The number of hydrogen-bond acceptors (Lipinski definition) is 4. The van der Waals surface area contributed by atoms with Crippen LogP contribution in [0.2, 0.25) is 0 Å². The van der Waals surface area contributed by atoms with Crippen LogP contribution in [0.1, 0.15) is 69.6 Å². The van der Waals surface area contributed by atoms with Gasteiger partial charge in [-0.2, -0.15) is 5.10 Å². The van der Waals surface area contributed by atoms with Gasteiger partial charge in [-0.15, -0.1) is 11.3 Å². The van der Waals surface area contributed by atoms with Gasteiger partial charge in [0.05, 0.1) is 12.1 Å². The second kappa shape index (κ2) is 11.8. The minimum absolute atomic E-state index is 0.0881. The maximum Gasteiger partial charge on any atom is 0.244 e. The van der Waals surface area contributed by atoms with Crippen LogP contribution in [0.5, 0.6) is 0 Å². The third-order valence-corrected chi connectivity index (χ3v) is 5.61. The van der Waals surface area contributed by atoms with Crippen molar-refractivity contribution in [3.63, 3.8) is 0 Å². The number of rotatable bonds is 10. The summed E-state index contributed by atoms with van der Waals surface area (Å²) in [6.45, 7) is 3.51. The zero-order valence-electron chi connectivity index (χ0n) is 15.8. The lowest BCUT2D eigenvalue weighted by atomic mass is 9.97. The molecule has 1 fully saturated rings. The van der Waals surface area contributed by atoms with Crippen molar-refractivity contribution in [1.29, 1.82) is 0 Å². The highest BCUT2D eigenvalue weighted by atomic mass is 32.1. The van der Waals surface area contributed by atoms with E-state index in [-0.39, 0.29) is 17.7 Å². The molecular formula is C20H31N3O2S. The summed E-state index contributed by atoms with van der Waals surface area (Å²) in [5.74, 6) is -0.0484. The van der Waals surface area contributed by atoms with E-state index in [1.54, 1.807) is 17.6 Å². The van der Waals surface area contributed by atoms with Crippen molar-refractivity contribution < 1.29 is 9.59 Å². The number of hydrogen-bond donors (Lipinski definition) is 1. The number of likely N-dealkylation sites (tertiary alicyclic amines) is 1. The monoisotopic (exact) mass is 377 g/mol. The molecule has 1 atom stereocenters. The molecule has 26 heavy (non-hydrogen) atoms. The summed E-state index contributed by atoms with van der Waals surface area (Å²) in [5.41, 5.74) is 2.62. The van der Waals surface area contributed by atoms with Gasteiger partial charge in [0.25, 0.3) is 0 Å². The van der Waals surface area contributed by atoms with Gasteiger partial charge in [0.2, 0.25) is 11.8 Å².